The zero-order valence-corrected chi connectivity index (χ0v) is 17.6. The number of primary amides is 1. The van der Waals surface area contributed by atoms with Gasteiger partial charge in [0.2, 0.25) is 23.6 Å². The van der Waals surface area contributed by atoms with Crippen LogP contribution in [0.25, 0.3) is 0 Å². The van der Waals surface area contributed by atoms with E-state index in [9.17, 15) is 38.7 Å². The zero-order chi connectivity index (χ0) is 25.3. The van der Waals surface area contributed by atoms with Gasteiger partial charge in [0.05, 0.1) is 18.9 Å². The van der Waals surface area contributed by atoms with Crippen molar-refractivity contribution in [3.63, 3.8) is 0 Å². The molecule has 4 amide bonds. The molecule has 1 aliphatic rings. The highest BCUT2D eigenvalue weighted by molar-refractivity contribution is 5.96. The van der Waals surface area contributed by atoms with Crippen LogP contribution in [0.2, 0.25) is 0 Å². The summed E-state index contributed by atoms with van der Waals surface area (Å²) in [6.45, 7) is 0.0953. The van der Waals surface area contributed by atoms with Gasteiger partial charge in [-0.05, 0) is 19.3 Å². The maximum Gasteiger partial charge on any atom is 0.326 e. The second kappa shape index (κ2) is 12.3. The Hall–Kier alpha value is -3.75. The predicted octanol–water partition coefficient (Wildman–Crippen LogP) is -3.43. The van der Waals surface area contributed by atoms with Crippen LogP contribution in [0, 0.1) is 0 Å². The molecule has 1 rings (SSSR count). The van der Waals surface area contributed by atoms with Crippen molar-refractivity contribution < 1.29 is 48.9 Å². The van der Waals surface area contributed by atoms with Gasteiger partial charge >= 0.3 is 17.9 Å². The van der Waals surface area contributed by atoms with Gasteiger partial charge in [-0.2, -0.15) is 0 Å². The van der Waals surface area contributed by atoms with Crippen LogP contribution >= 0.6 is 0 Å². The standard InChI is InChI=1S/C18H27N5O10/c19-8(6-13(25)26)15(29)22-10(7-14(27)28)16(30)21-9(3-4-12(20)24)17(31)23-5-1-2-11(23)18(32)33/h8-11H,1-7,19H2,(H2,20,24)(H,21,30)(H,22,29)(H,25,26)(H,27,28)(H,32,33). The summed E-state index contributed by atoms with van der Waals surface area (Å²) in [5, 5.41) is 31.3. The molecular weight excluding hydrogens is 446 g/mol. The third-order valence-corrected chi connectivity index (χ3v) is 4.86. The number of nitrogens with one attached hydrogen (secondary N) is 2. The first-order valence-electron chi connectivity index (χ1n) is 9.95. The monoisotopic (exact) mass is 473 g/mol. The number of likely N-dealkylation sites (tertiary alicyclic amines) is 1. The summed E-state index contributed by atoms with van der Waals surface area (Å²) in [6, 6.07) is -5.85. The smallest absolute Gasteiger partial charge is 0.326 e. The van der Waals surface area contributed by atoms with Crippen LogP contribution in [-0.4, -0.2) is 92.5 Å². The van der Waals surface area contributed by atoms with Gasteiger partial charge in [0.15, 0.2) is 0 Å². The number of nitrogens with two attached hydrogens (primary N) is 2. The SMILES string of the molecule is NC(=O)CCC(NC(=O)C(CC(=O)O)NC(=O)C(N)CC(=O)O)C(=O)N1CCCC1C(=O)O. The van der Waals surface area contributed by atoms with Gasteiger partial charge in [-0.1, -0.05) is 0 Å². The first kappa shape index (κ1) is 27.3. The highest BCUT2D eigenvalue weighted by atomic mass is 16.4. The number of carbonyl (C=O) groups excluding carboxylic acids is 4. The largest absolute Gasteiger partial charge is 0.481 e. The van der Waals surface area contributed by atoms with E-state index in [-0.39, 0.29) is 25.8 Å². The Morgan fingerprint density at radius 2 is 1.48 bits per heavy atom. The van der Waals surface area contributed by atoms with E-state index in [1.165, 1.54) is 0 Å². The fourth-order valence-corrected chi connectivity index (χ4v) is 3.25. The topological polar surface area (TPSA) is 260 Å². The maximum atomic E-state index is 12.9. The summed E-state index contributed by atoms with van der Waals surface area (Å²) in [6.07, 6.45) is -1.75. The van der Waals surface area contributed by atoms with E-state index < -0.39 is 78.5 Å². The molecule has 184 valence electrons. The molecule has 0 radical (unpaired) electrons. The normalized spacial score (nSPS) is 18.0. The van der Waals surface area contributed by atoms with E-state index in [4.69, 9.17) is 21.7 Å². The van der Waals surface area contributed by atoms with E-state index in [1.54, 1.807) is 0 Å². The molecule has 4 unspecified atom stereocenters. The van der Waals surface area contributed by atoms with Gasteiger partial charge in [0, 0.05) is 13.0 Å². The first-order chi connectivity index (χ1) is 15.3. The Morgan fingerprint density at radius 3 is 2.00 bits per heavy atom. The van der Waals surface area contributed by atoms with Crippen molar-refractivity contribution in [2.75, 3.05) is 6.54 Å². The van der Waals surface area contributed by atoms with Crippen molar-refractivity contribution in [3.8, 4) is 0 Å². The Bertz CT molecular complexity index is 816. The van der Waals surface area contributed by atoms with E-state index in [1.807, 2.05) is 5.32 Å². The molecule has 4 atom stereocenters. The van der Waals surface area contributed by atoms with Crippen LogP contribution in [0.15, 0.2) is 0 Å². The summed E-state index contributed by atoms with van der Waals surface area (Å²) in [5.41, 5.74) is 10.5. The lowest BCUT2D eigenvalue weighted by molar-refractivity contribution is -0.150. The minimum absolute atomic E-state index is 0.0953. The number of nitrogens with zero attached hydrogens (tertiary/aromatic N) is 1. The van der Waals surface area contributed by atoms with Crippen LogP contribution in [0.3, 0.4) is 0 Å². The fraction of sp³-hybridized carbons (Fsp3) is 0.611. The van der Waals surface area contributed by atoms with Crippen molar-refractivity contribution in [1.82, 2.24) is 15.5 Å². The molecule has 0 bridgehead atoms. The summed E-state index contributed by atoms with van der Waals surface area (Å²) in [4.78, 5) is 83.1. The minimum Gasteiger partial charge on any atom is -0.481 e. The Morgan fingerprint density at radius 1 is 0.909 bits per heavy atom. The van der Waals surface area contributed by atoms with Crippen LogP contribution in [-0.2, 0) is 33.6 Å². The number of carboxylic acid groups (broad SMARTS) is 3. The zero-order valence-electron chi connectivity index (χ0n) is 17.6. The number of hydrogen-bond acceptors (Lipinski definition) is 8. The number of carbonyl (C=O) groups is 7. The van der Waals surface area contributed by atoms with Gasteiger partial charge in [-0.15, -0.1) is 0 Å². The van der Waals surface area contributed by atoms with Crippen molar-refractivity contribution in [2.45, 2.75) is 62.7 Å². The van der Waals surface area contributed by atoms with E-state index in [0.29, 0.717) is 6.42 Å². The van der Waals surface area contributed by atoms with Crippen LogP contribution < -0.4 is 22.1 Å². The third-order valence-electron chi connectivity index (χ3n) is 4.86. The van der Waals surface area contributed by atoms with E-state index in [2.05, 4.69) is 5.32 Å². The summed E-state index contributed by atoms with van der Waals surface area (Å²) in [7, 11) is 0. The lowest BCUT2D eigenvalue weighted by atomic mass is 10.1. The number of rotatable bonds is 13. The predicted molar refractivity (Wildman–Crippen MR) is 107 cm³/mol. The van der Waals surface area contributed by atoms with Gasteiger partial charge in [-0.25, -0.2) is 4.79 Å². The Labute approximate surface area is 187 Å². The molecule has 33 heavy (non-hydrogen) atoms. The highest BCUT2D eigenvalue weighted by Gasteiger charge is 2.38. The first-order valence-corrected chi connectivity index (χ1v) is 9.95. The van der Waals surface area contributed by atoms with Crippen LogP contribution in [0.4, 0.5) is 0 Å². The van der Waals surface area contributed by atoms with Crippen molar-refractivity contribution in [2.24, 2.45) is 11.5 Å². The van der Waals surface area contributed by atoms with E-state index in [0.717, 1.165) is 4.90 Å². The van der Waals surface area contributed by atoms with Crippen LogP contribution in [0.5, 0.6) is 0 Å². The molecule has 1 saturated heterocycles. The molecule has 0 aromatic rings. The van der Waals surface area contributed by atoms with E-state index >= 15 is 0 Å². The second-order valence-electron chi connectivity index (χ2n) is 7.46. The Kier molecular flexibility index (Phi) is 10.2. The molecule has 0 aromatic carbocycles. The van der Waals surface area contributed by atoms with Crippen molar-refractivity contribution in [3.05, 3.63) is 0 Å². The quantitative estimate of drug-likeness (QED) is 0.138. The molecule has 0 spiro atoms. The molecule has 15 nitrogen and oxygen atoms in total. The average molecular weight is 473 g/mol. The lowest BCUT2D eigenvalue weighted by Crippen LogP contribution is -2.57. The second-order valence-corrected chi connectivity index (χ2v) is 7.46. The average Bonchev–Trinajstić information content (AvgIpc) is 3.19. The molecule has 15 heteroatoms. The van der Waals surface area contributed by atoms with Crippen molar-refractivity contribution in [1.29, 1.82) is 0 Å². The van der Waals surface area contributed by atoms with Gasteiger partial charge in [-0.3, -0.25) is 28.8 Å². The minimum atomic E-state index is -1.73. The summed E-state index contributed by atoms with van der Waals surface area (Å²) >= 11 is 0. The lowest BCUT2D eigenvalue weighted by Gasteiger charge is -2.28. The highest BCUT2D eigenvalue weighted by Crippen LogP contribution is 2.19. The van der Waals surface area contributed by atoms with Gasteiger partial charge in [0.1, 0.15) is 18.1 Å². The van der Waals surface area contributed by atoms with Crippen LogP contribution in [0.1, 0.15) is 38.5 Å². The van der Waals surface area contributed by atoms with Gasteiger partial charge in [0.25, 0.3) is 0 Å². The summed E-state index contributed by atoms with van der Waals surface area (Å²) in [5.74, 6) is -7.97. The molecule has 0 aliphatic carbocycles. The number of amides is 4. The Balaban J connectivity index is 3.04. The summed E-state index contributed by atoms with van der Waals surface area (Å²) < 4.78 is 0. The molecule has 0 aromatic heterocycles. The molecule has 1 heterocycles. The maximum absolute atomic E-state index is 12.9. The molecule has 1 aliphatic heterocycles. The molecular formula is C18H27N5O10. The third kappa shape index (κ3) is 8.72. The number of aliphatic carboxylic acids is 3. The fourth-order valence-electron chi connectivity index (χ4n) is 3.25. The molecule has 0 saturated carbocycles. The van der Waals surface area contributed by atoms with Crippen molar-refractivity contribution >= 4 is 41.5 Å². The van der Waals surface area contributed by atoms with Gasteiger partial charge < -0.3 is 42.3 Å². The number of carboxylic acids is 3. The molecule has 9 N–H and O–H groups in total. The molecule has 1 fully saturated rings. The number of hydrogen-bond donors (Lipinski definition) is 7.